The predicted octanol–water partition coefficient (Wildman–Crippen LogP) is 2.74. The zero-order valence-corrected chi connectivity index (χ0v) is 9.61. The Kier molecular flexibility index (Phi) is 3.45. The Hall–Kier alpha value is -0.790. The Morgan fingerprint density at radius 1 is 1.20 bits per heavy atom. The molecule has 0 aromatic heterocycles. The van der Waals surface area contributed by atoms with Crippen LogP contribution in [-0.2, 0) is 4.79 Å². The van der Waals surface area contributed by atoms with Crippen molar-refractivity contribution >= 4 is 5.91 Å². The summed E-state index contributed by atoms with van der Waals surface area (Å²) in [6.07, 6.45) is 12.5. The van der Waals surface area contributed by atoms with E-state index in [1.54, 1.807) is 0 Å². The summed E-state index contributed by atoms with van der Waals surface area (Å²) < 4.78 is 0. The van der Waals surface area contributed by atoms with E-state index in [1.165, 1.54) is 25.7 Å². The molecule has 0 heterocycles. The van der Waals surface area contributed by atoms with Crippen LogP contribution in [0.3, 0.4) is 0 Å². The highest BCUT2D eigenvalue weighted by Crippen LogP contribution is 2.26. The van der Waals surface area contributed by atoms with Crippen molar-refractivity contribution in [1.82, 2.24) is 4.90 Å². The molecule has 0 radical (unpaired) electrons. The molecule has 1 fully saturated rings. The van der Waals surface area contributed by atoms with Crippen molar-refractivity contribution in [3.05, 3.63) is 12.2 Å². The van der Waals surface area contributed by atoms with Gasteiger partial charge in [0.25, 0.3) is 0 Å². The van der Waals surface area contributed by atoms with Crippen LogP contribution < -0.4 is 0 Å². The number of amides is 1. The second-order valence-corrected chi connectivity index (χ2v) is 4.87. The van der Waals surface area contributed by atoms with Crippen molar-refractivity contribution in [2.24, 2.45) is 5.92 Å². The van der Waals surface area contributed by atoms with E-state index >= 15 is 0 Å². The summed E-state index contributed by atoms with van der Waals surface area (Å²) in [5, 5.41) is 0. The Labute approximate surface area is 92.3 Å². The molecule has 0 N–H and O–H groups in total. The fraction of sp³-hybridized carbons (Fsp3) is 0.769. The monoisotopic (exact) mass is 207 g/mol. The summed E-state index contributed by atoms with van der Waals surface area (Å²) in [5.74, 6) is 0.645. The van der Waals surface area contributed by atoms with Gasteiger partial charge < -0.3 is 4.90 Å². The summed E-state index contributed by atoms with van der Waals surface area (Å²) in [4.78, 5) is 14.2. The maximum atomic E-state index is 12.2. The molecule has 1 saturated carbocycles. The van der Waals surface area contributed by atoms with Crippen LogP contribution in [0.2, 0.25) is 0 Å². The first-order valence-corrected chi connectivity index (χ1v) is 6.20. The molecule has 15 heavy (non-hydrogen) atoms. The lowest BCUT2D eigenvalue weighted by atomic mass is 9.92. The molecule has 1 amide bonds. The molecule has 2 rings (SSSR count). The van der Waals surface area contributed by atoms with Crippen LogP contribution in [0.15, 0.2) is 12.2 Å². The number of nitrogens with zero attached hydrogens (tertiary/aromatic N) is 1. The van der Waals surface area contributed by atoms with Crippen molar-refractivity contribution < 1.29 is 4.79 Å². The number of allylic oxidation sites excluding steroid dienone is 2. The first kappa shape index (κ1) is 10.7. The number of carbonyl (C=O) groups excluding carboxylic acids is 1. The zero-order valence-electron chi connectivity index (χ0n) is 9.61. The van der Waals surface area contributed by atoms with Crippen LogP contribution in [0.4, 0.5) is 0 Å². The molecule has 1 unspecified atom stereocenters. The van der Waals surface area contributed by atoms with Gasteiger partial charge in [0, 0.05) is 19.0 Å². The fourth-order valence-corrected chi connectivity index (χ4v) is 2.78. The third-order valence-electron chi connectivity index (χ3n) is 3.84. The van der Waals surface area contributed by atoms with Crippen LogP contribution in [0, 0.1) is 5.92 Å². The quantitative estimate of drug-likeness (QED) is 0.638. The summed E-state index contributed by atoms with van der Waals surface area (Å²) in [6.45, 7) is 0. The predicted molar refractivity (Wildman–Crippen MR) is 61.5 cm³/mol. The molecule has 0 aromatic rings. The van der Waals surface area contributed by atoms with Crippen molar-refractivity contribution in [3.8, 4) is 0 Å². The number of hydrogen-bond donors (Lipinski definition) is 0. The van der Waals surface area contributed by atoms with Gasteiger partial charge in [-0.25, -0.2) is 0 Å². The van der Waals surface area contributed by atoms with Crippen molar-refractivity contribution in [1.29, 1.82) is 0 Å². The van der Waals surface area contributed by atoms with E-state index in [1.807, 2.05) is 11.9 Å². The minimum atomic E-state index is 0.264. The van der Waals surface area contributed by atoms with Gasteiger partial charge in [0.05, 0.1) is 0 Å². The molecular weight excluding hydrogens is 186 g/mol. The van der Waals surface area contributed by atoms with Crippen molar-refractivity contribution in [2.45, 2.75) is 51.0 Å². The summed E-state index contributed by atoms with van der Waals surface area (Å²) in [5.41, 5.74) is 0. The minimum Gasteiger partial charge on any atom is -0.343 e. The average Bonchev–Trinajstić information content (AvgIpc) is 2.82. The van der Waals surface area contributed by atoms with E-state index < -0.39 is 0 Å². The Balaban J connectivity index is 1.91. The maximum Gasteiger partial charge on any atom is 0.225 e. The Morgan fingerprint density at radius 3 is 2.53 bits per heavy atom. The van der Waals surface area contributed by atoms with Crippen molar-refractivity contribution in [3.63, 3.8) is 0 Å². The van der Waals surface area contributed by atoms with Gasteiger partial charge in [-0.1, -0.05) is 25.0 Å². The van der Waals surface area contributed by atoms with Gasteiger partial charge in [0.1, 0.15) is 0 Å². The van der Waals surface area contributed by atoms with E-state index in [4.69, 9.17) is 0 Å². The average molecular weight is 207 g/mol. The van der Waals surface area contributed by atoms with Crippen LogP contribution in [0.1, 0.15) is 44.9 Å². The second kappa shape index (κ2) is 4.82. The lowest BCUT2D eigenvalue weighted by molar-refractivity contribution is -0.136. The molecule has 2 aliphatic carbocycles. The highest BCUT2D eigenvalue weighted by molar-refractivity contribution is 5.79. The van der Waals surface area contributed by atoms with Crippen molar-refractivity contribution in [2.75, 3.05) is 7.05 Å². The molecule has 0 saturated heterocycles. The van der Waals surface area contributed by atoms with Crippen LogP contribution in [-0.4, -0.2) is 23.9 Å². The molecule has 2 nitrogen and oxygen atoms in total. The molecule has 2 aliphatic rings. The smallest absolute Gasteiger partial charge is 0.225 e. The highest BCUT2D eigenvalue weighted by atomic mass is 16.2. The highest BCUT2D eigenvalue weighted by Gasteiger charge is 2.28. The molecule has 0 bridgehead atoms. The number of hydrogen-bond acceptors (Lipinski definition) is 1. The second-order valence-electron chi connectivity index (χ2n) is 4.87. The molecule has 0 spiro atoms. The molecule has 84 valence electrons. The van der Waals surface area contributed by atoms with Crippen LogP contribution in [0.5, 0.6) is 0 Å². The van der Waals surface area contributed by atoms with E-state index in [9.17, 15) is 4.79 Å². The van der Waals surface area contributed by atoms with Gasteiger partial charge in [0.2, 0.25) is 5.91 Å². The van der Waals surface area contributed by atoms with Gasteiger partial charge in [-0.3, -0.25) is 4.79 Å². The normalized spacial score (nSPS) is 26.9. The van der Waals surface area contributed by atoms with E-state index in [0.717, 1.165) is 19.3 Å². The Bertz CT molecular complexity index is 253. The van der Waals surface area contributed by atoms with Gasteiger partial charge in [-0.2, -0.15) is 0 Å². The maximum absolute atomic E-state index is 12.2. The Morgan fingerprint density at radius 2 is 1.93 bits per heavy atom. The number of carbonyl (C=O) groups is 1. The third-order valence-corrected chi connectivity index (χ3v) is 3.84. The molecule has 0 aliphatic heterocycles. The molecular formula is C13H21NO. The van der Waals surface area contributed by atoms with Gasteiger partial charge in [-0.05, 0) is 32.1 Å². The lowest BCUT2D eigenvalue weighted by Gasteiger charge is -2.29. The lowest BCUT2D eigenvalue weighted by Crippen LogP contribution is -2.39. The van der Waals surface area contributed by atoms with E-state index in [-0.39, 0.29) is 5.92 Å². The summed E-state index contributed by atoms with van der Waals surface area (Å²) >= 11 is 0. The summed E-state index contributed by atoms with van der Waals surface area (Å²) in [7, 11) is 2.00. The SMILES string of the molecule is CN(C(=O)C1CC=CCC1)C1CCCC1. The third kappa shape index (κ3) is 2.42. The van der Waals surface area contributed by atoms with Crippen LogP contribution >= 0.6 is 0 Å². The summed E-state index contributed by atoms with van der Waals surface area (Å²) in [6, 6.07) is 0.531. The topological polar surface area (TPSA) is 20.3 Å². The minimum absolute atomic E-state index is 0.264. The number of rotatable bonds is 2. The first-order chi connectivity index (χ1) is 7.29. The van der Waals surface area contributed by atoms with E-state index in [0.29, 0.717) is 11.9 Å². The molecule has 0 aromatic carbocycles. The molecule has 1 atom stereocenters. The zero-order chi connectivity index (χ0) is 10.7. The largest absolute Gasteiger partial charge is 0.343 e. The molecule has 2 heteroatoms. The standard InChI is InChI=1S/C13H21NO/c1-14(12-9-5-6-10-12)13(15)11-7-3-2-4-8-11/h2-3,11-12H,4-10H2,1H3. The van der Waals surface area contributed by atoms with Gasteiger partial charge >= 0.3 is 0 Å². The van der Waals surface area contributed by atoms with Crippen LogP contribution in [0.25, 0.3) is 0 Å². The van der Waals surface area contributed by atoms with Gasteiger partial charge in [-0.15, -0.1) is 0 Å². The fourth-order valence-electron chi connectivity index (χ4n) is 2.78. The first-order valence-electron chi connectivity index (χ1n) is 6.20. The van der Waals surface area contributed by atoms with E-state index in [2.05, 4.69) is 12.2 Å². The van der Waals surface area contributed by atoms with Gasteiger partial charge in [0.15, 0.2) is 0 Å².